The van der Waals surface area contributed by atoms with Crippen LogP contribution in [0.3, 0.4) is 0 Å². The van der Waals surface area contributed by atoms with E-state index in [4.69, 9.17) is 0 Å². The summed E-state index contributed by atoms with van der Waals surface area (Å²) in [6.07, 6.45) is 3.60. The van der Waals surface area contributed by atoms with Crippen molar-refractivity contribution in [2.24, 2.45) is 0 Å². The summed E-state index contributed by atoms with van der Waals surface area (Å²) >= 11 is 1.51. The predicted octanol–water partition coefficient (Wildman–Crippen LogP) is 5.63. The minimum Gasteiger partial charge on any atom is -0.147 e. The van der Waals surface area contributed by atoms with Crippen LogP contribution >= 0.6 is 24.8 Å². The Balaban J connectivity index is 0.00000112. The van der Waals surface area contributed by atoms with Crippen molar-refractivity contribution in [3.05, 3.63) is 94.9 Å². The quantitative estimate of drug-likeness (QED) is 0.324. The molecule has 0 radical (unpaired) electrons. The van der Waals surface area contributed by atoms with Crippen molar-refractivity contribution >= 4 is 55.7 Å². The molecule has 1 atom stereocenters. The third kappa shape index (κ3) is 3.00. The summed E-state index contributed by atoms with van der Waals surface area (Å²) in [6, 6.07) is 29.0. The first-order chi connectivity index (χ1) is 12.7. The Kier molecular flexibility index (Phi) is 6.21. The molecule has 0 saturated heterocycles. The van der Waals surface area contributed by atoms with Gasteiger partial charge in [-0.3, -0.25) is 0 Å². The van der Waals surface area contributed by atoms with E-state index in [1.807, 2.05) is 0 Å². The van der Waals surface area contributed by atoms with E-state index in [2.05, 4.69) is 91.9 Å². The molecule has 0 aliphatic heterocycles. The van der Waals surface area contributed by atoms with Gasteiger partial charge in [0.05, 0.1) is 0 Å². The summed E-state index contributed by atoms with van der Waals surface area (Å²) in [7, 11) is 0. The molecule has 5 rings (SSSR count). The number of fused-ring (bicyclic) bond motifs is 4. The van der Waals surface area contributed by atoms with Gasteiger partial charge in [-0.2, -0.15) is 0 Å². The fourth-order valence-electron chi connectivity index (χ4n) is 4.54. The van der Waals surface area contributed by atoms with E-state index < -0.39 is 0 Å². The van der Waals surface area contributed by atoms with Crippen molar-refractivity contribution in [2.45, 2.75) is 18.8 Å². The van der Waals surface area contributed by atoms with Gasteiger partial charge in [0.2, 0.25) is 0 Å². The van der Waals surface area contributed by atoms with E-state index in [1.165, 1.54) is 62.3 Å². The van der Waals surface area contributed by atoms with Crippen LogP contribution in [0.15, 0.2) is 78.9 Å². The molecule has 0 fully saturated rings. The Bertz CT molecular complexity index is 1290. The van der Waals surface area contributed by atoms with Crippen LogP contribution in [0.2, 0.25) is 0 Å². The fraction of sp³-hybridized carbons (Fsp3) is 0.120. The largest absolute Gasteiger partial charge is 0.147 e. The molecule has 139 valence electrons. The van der Waals surface area contributed by atoms with Gasteiger partial charge >= 0.3 is 169 Å². The molecule has 28 heavy (non-hydrogen) atoms. The van der Waals surface area contributed by atoms with Crippen molar-refractivity contribution in [3.8, 4) is 0 Å². The van der Waals surface area contributed by atoms with Crippen LogP contribution < -0.4 is 10.4 Å². The summed E-state index contributed by atoms with van der Waals surface area (Å²) in [5.74, 6) is 0. The van der Waals surface area contributed by atoms with Crippen LogP contribution in [0, 0.1) is 0 Å². The van der Waals surface area contributed by atoms with E-state index in [-0.39, 0.29) is 30.2 Å². The smallest absolute Gasteiger partial charge is 0.147 e. The van der Waals surface area contributed by atoms with Crippen molar-refractivity contribution in [2.75, 3.05) is 0 Å². The summed E-state index contributed by atoms with van der Waals surface area (Å²) < 4.78 is 1.56. The molecule has 0 heterocycles. The summed E-state index contributed by atoms with van der Waals surface area (Å²) in [6.45, 7) is 2.33. The Morgan fingerprint density at radius 2 is 1.43 bits per heavy atom. The van der Waals surface area contributed by atoms with Gasteiger partial charge in [-0.15, -0.1) is 24.8 Å². The molecule has 1 aliphatic rings. The first-order valence-electron chi connectivity index (χ1n) is 9.20. The molecule has 0 aromatic heterocycles. The maximum atomic E-state index is 2.52. The number of halogens is 2. The van der Waals surface area contributed by atoms with Gasteiger partial charge in [-0.05, 0) is 0 Å². The van der Waals surface area contributed by atoms with Crippen molar-refractivity contribution in [1.82, 2.24) is 0 Å². The molecule has 1 aliphatic carbocycles. The van der Waals surface area contributed by atoms with Crippen molar-refractivity contribution < 1.29 is 24.7 Å². The second-order valence-corrected chi connectivity index (χ2v) is 8.35. The summed E-state index contributed by atoms with van der Waals surface area (Å²) in [4.78, 5) is 0. The van der Waals surface area contributed by atoms with Crippen LogP contribution in [0.4, 0.5) is 0 Å². The summed E-state index contributed by atoms with van der Waals surface area (Å²) in [5, 5.41) is 8.25. The maximum absolute atomic E-state index is 2.52. The molecular formula is C25H21Cl2Zr. The molecule has 0 spiro atoms. The standard InChI is InChI=1S/C25H19.2ClH.Zr/c1-2-25(16-20-9-3-4-10-21(20)17-25)23-13-7-11-19-15-14-18-8-5-6-12-22(18)24(19)23;;;/h3-16H,2H2,1H3;2*1H;. The Labute approximate surface area is 193 Å². The molecule has 4 aromatic carbocycles. The first kappa shape index (κ1) is 21.3. The first-order valence-corrected chi connectivity index (χ1v) is 10.4. The van der Waals surface area contributed by atoms with Crippen molar-refractivity contribution in [1.29, 1.82) is 0 Å². The Morgan fingerprint density at radius 3 is 2.21 bits per heavy atom. The van der Waals surface area contributed by atoms with E-state index >= 15 is 0 Å². The van der Waals surface area contributed by atoms with Crippen LogP contribution in [-0.2, 0) is 30.1 Å². The molecule has 0 N–H and O–H groups in total. The zero-order chi connectivity index (χ0) is 17.7. The molecule has 0 amide bonds. The zero-order valence-corrected chi connectivity index (χ0v) is 19.7. The normalized spacial score (nSPS) is 17.5. The molecule has 4 aromatic rings. The van der Waals surface area contributed by atoms with E-state index in [9.17, 15) is 0 Å². The average molecular weight is 484 g/mol. The van der Waals surface area contributed by atoms with Gasteiger partial charge < -0.3 is 0 Å². The molecule has 1 unspecified atom stereocenters. The van der Waals surface area contributed by atoms with Gasteiger partial charge in [0.25, 0.3) is 0 Å². The van der Waals surface area contributed by atoms with Gasteiger partial charge in [-0.25, -0.2) is 0 Å². The van der Waals surface area contributed by atoms with E-state index in [0.717, 1.165) is 6.42 Å². The minimum atomic E-state index is 0. The van der Waals surface area contributed by atoms with Gasteiger partial charge in [0.1, 0.15) is 0 Å². The van der Waals surface area contributed by atoms with E-state index in [0.29, 0.717) is 0 Å². The summed E-state index contributed by atoms with van der Waals surface area (Å²) in [5.41, 5.74) is 1.46. The molecule has 0 nitrogen and oxygen atoms in total. The molecule has 0 saturated carbocycles. The van der Waals surface area contributed by atoms with Crippen LogP contribution in [0.1, 0.15) is 18.9 Å². The van der Waals surface area contributed by atoms with Gasteiger partial charge in [0.15, 0.2) is 0 Å². The predicted molar refractivity (Wildman–Crippen MR) is 121 cm³/mol. The SMILES string of the molecule is CCC1(c2cccc3ccc4ccccc4c23)C=c2ccccc2=[C]1[Zr].Cl.Cl. The van der Waals surface area contributed by atoms with Crippen LogP contribution in [0.25, 0.3) is 30.9 Å². The van der Waals surface area contributed by atoms with Gasteiger partial charge in [-0.1, -0.05) is 0 Å². The number of hydrogen-bond acceptors (Lipinski definition) is 0. The Morgan fingerprint density at radius 1 is 0.750 bits per heavy atom. The van der Waals surface area contributed by atoms with Crippen LogP contribution in [0.5, 0.6) is 0 Å². The number of hydrogen-bond donors (Lipinski definition) is 0. The average Bonchev–Trinajstić information content (AvgIpc) is 3.00. The van der Waals surface area contributed by atoms with Crippen molar-refractivity contribution in [3.63, 3.8) is 0 Å². The monoisotopic (exact) mass is 481 g/mol. The third-order valence-corrected chi connectivity index (χ3v) is 7.64. The molecule has 3 heteroatoms. The van der Waals surface area contributed by atoms with E-state index in [1.54, 1.807) is 3.28 Å². The Hall–Kier alpha value is -1.40. The van der Waals surface area contributed by atoms with Gasteiger partial charge in [0, 0.05) is 0 Å². The second kappa shape index (κ2) is 8.15. The number of rotatable bonds is 2. The third-order valence-electron chi connectivity index (χ3n) is 5.89. The topological polar surface area (TPSA) is 0 Å². The maximum Gasteiger partial charge on any atom is -0.147 e. The fourth-order valence-corrected chi connectivity index (χ4v) is 6.04. The molecule has 0 bridgehead atoms. The molecular weight excluding hydrogens is 462 g/mol. The zero-order valence-electron chi connectivity index (χ0n) is 15.6. The minimum absolute atomic E-state index is 0. The number of benzene rings is 4. The second-order valence-electron chi connectivity index (χ2n) is 7.12. The van der Waals surface area contributed by atoms with Crippen LogP contribution in [-0.4, -0.2) is 0 Å².